The maximum atomic E-state index is 5.23. The zero-order valence-corrected chi connectivity index (χ0v) is 57.3. The normalized spacial score (nSPS) is 12.1. The maximum Gasteiger partial charge on any atom is 0.164 e. The van der Waals surface area contributed by atoms with E-state index in [0.29, 0.717) is 34.9 Å². The molecular weight excluding hydrogens is 1320 g/mol. The highest BCUT2D eigenvalue weighted by atomic mass is 32.1. The predicted octanol–water partition coefficient (Wildman–Crippen LogP) is 25.4. The molecule has 0 bridgehead atoms. The fourth-order valence-corrected chi connectivity index (χ4v) is 20.3. The van der Waals surface area contributed by atoms with Gasteiger partial charge in [0.2, 0.25) is 0 Å². The minimum atomic E-state index is 0.607. The Kier molecular flexibility index (Phi) is 12.7. The highest BCUT2D eigenvalue weighted by molar-refractivity contribution is 7.29. The first kappa shape index (κ1) is 57.5. The van der Waals surface area contributed by atoms with Crippen LogP contribution in [0.2, 0.25) is 0 Å². The summed E-state index contributed by atoms with van der Waals surface area (Å²) in [6, 6.07) is 109. The summed E-state index contributed by atoms with van der Waals surface area (Å²) in [7, 11) is 0. The Balaban J connectivity index is 0.569. The third-order valence-electron chi connectivity index (χ3n) is 20.3. The molecule has 22 rings (SSSR count). The van der Waals surface area contributed by atoms with Crippen LogP contribution in [0.1, 0.15) is 0 Å². The van der Waals surface area contributed by atoms with Crippen LogP contribution in [0.25, 0.3) is 215 Å². The minimum absolute atomic E-state index is 0.607. The smallest absolute Gasteiger partial charge is 0.164 e. The van der Waals surface area contributed by atoms with Gasteiger partial charge in [-0.1, -0.05) is 231 Å². The van der Waals surface area contributed by atoms with E-state index in [-0.39, 0.29) is 0 Å². The molecular formula is C90H50N8S4. The molecule has 22 aromatic rings. The molecule has 0 spiro atoms. The molecule has 102 heavy (non-hydrogen) atoms. The molecule has 8 aromatic heterocycles. The average molecular weight is 1370 g/mol. The van der Waals surface area contributed by atoms with E-state index < -0.39 is 0 Å². The standard InChI is InChI=1S/C90H50N8S4/c1-3-17-53(18-4-1)85-91-87(95-89(93-85)57-41-43-63-67-47-68-65-25-15-31-75(83(65)102-82(68)50-81(67)100-77(63)45-57)97-71-27-11-7-21-59(71)60-22-8-12-28-72(60)97)55-37-33-51(34-38-55)52-35-39-56(40-36-52)88-92-86(54-19-5-2-6-20-54)94-90(96-88)58-42-44-64-69-48-80-70(49-79(69)99-78(64)46-58)66-26-16-32-76(84(66)101-80)98-73-29-13-9-23-61(73)62-24-10-14-30-74(62)98/h1-50H. The lowest BCUT2D eigenvalue weighted by molar-refractivity contribution is 1.07. The molecule has 14 aromatic carbocycles. The number of hydrogen-bond acceptors (Lipinski definition) is 10. The zero-order valence-electron chi connectivity index (χ0n) is 54.1. The summed E-state index contributed by atoms with van der Waals surface area (Å²) in [6.45, 7) is 0. The van der Waals surface area contributed by atoms with Crippen LogP contribution in [0.15, 0.2) is 303 Å². The number of fused-ring (bicyclic) bond motifs is 18. The van der Waals surface area contributed by atoms with E-state index >= 15 is 0 Å². The first-order valence-corrected chi connectivity index (χ1v) is 37.2. The van der Waals surface area contributed by atoms with Crippen molar-refractivity contribution in [2.75, 3.05) is 0 Å². The van der Waals surface area contributed by atoms with Gasteiger partial charge in [-0.05, 0) is 83.9 Å². The van der Waals surface area contributed by atoms with Gasteiger partial charge in [0, 0.05) is 126 Å². The van der Waals surface area contributed by atoms with Gasteiger partial charge in [-0.15, -0.1) is 45.3 Å². The van der Waals surface area contributed by atoms with Crippen LogP contribution in [0.5, 0.6) is 0 Å². The van der Waals surface area contributed by atoms with E-state index in [1.807, 2.05) is 81.7 Å². The van der Waals surface area contributed by atoms with Gasteiger partial charge in [0.15, 0.2) is 34.9 Å². The van der Waals surface area contributed by atoms with E-state index in [1.165, 1.54) is 136 Å². The first-order chi connectivity index (χ1) is 50.5. The second-order valence-corrected chi connectivity index (χ2v) is 30.3. The van der Waals surface area contributed by atoms with E-state index in [9.17, 15) is 0 Å². The first-order valence-electron chi connectivity index (χ1n) is 34.0. The molecule has 0 unspecified atom stereocenters. The Morgan fingerprint density at radius 3 is 0.882 bits per heavy atom. The largest absolute Gasteiger partial charge is 0.308 e. The van der Waals surface area contributed by atoms with Crippen LogP contribution >= 0.6 is 45.3 Å². The molecule has 474 valence electrons. The van der Waals surface area contributed by atoms with Crippen molar-refractivity contribution in [3.63, 3.8) is 0 Å². The number of rotatable bonds is 9. The van der Waals surface area contributed by atoms with Gasteiger partial charge >= 0.3 is 0 Å². The minimum Gasteiger partial charge on any atom is -0.308 e. The fraction of sp³-hybridized carbons (Fsp3) is 0. The van der Waals surface area contributed by atoms with Crippen molar-refractivity contribution in [1.29, 1.82) is 0 Å². The second-order valence-electron chi connectivity index (χ2n) is 26.1. The van der Waals surface area contributed by atoms with Crippen molar-refractivity contribution in [2.24, 2.45) is 0 Å². The molecule has 12 heteroatoms. The number of hydrogen-bond donors (Lipinski definition) is 0. The molecule has 0 saturated carbocycles. The summed E-state index contributed by atoms with van der Waals surface area (Å²) in [6.07, 6.45) is 0. The predicted molar refractivity (Wildman–Crippen MR) is 431 cm³/mol. The maximum absolute atomic E-state index is 5.23. The van der Waals surface area contributed by atoms with Crippen molar-refractivity contribution in [3.05, 3.63) is 303 Å². The van der Waals surface area contributed by atoms with Crippen molar-refractivity contribution in [2.45, 2.75) is 0 Å². The van der Waals surface area contributed by atoms with E-state index in [1.54, 1.807) is 0 Å². The van der Waals surface area contributed by atoms with Crippen molar-refractivity contribution < 1.29 is 0 Å². The Labute approximate surface area is 598 Å². The molecule has 0 atom stereocenters. The van der Waals surface area contributed by atoms with Gasteiger partial charge in [0.25, 0.3) is 0 Å². The van der Waals surface area contributed by atoms with Gasteiger partial charge in [0.1, 0.15) is 0 Å². The van der Waals surface area contributed by atoms with Crippen LogP contribution in [0, 0.1) is 0 Å². The topological polar surface area (TPSA) is 87.2 Å². The molecule has 0 radical (unpaired) electrons. The lowest BCUT2D eigenvalue weighted by atomic mass is 10.0. The Bertz CT molecular complexity index is 6880. The molecule has 0 amide bonds. The molecule has 0 N–H and O–H groups in total. The fourth-order valence-electron chi connectivity index (χ4n) is 15.4. The summed E-state index contributed by atoms with van der Waals surface area (Å²) >= 11 is 7.40. The van der Waals surface area contributed by atoms with Crippen LogP contribution in [0.3, 0.4) is 0 Å². The van der Waals surface area contributed by atoms with E-state index in [2.05, 4.69) is 276 Å². The van der Waals surface area contributed by atoms with Gasteiger partial charge in [-0.3, -0.25) is 0 Å². The lowest BCUT2D eigenvalue weighted by Gasteiger charge is -2.10. The molecule has 0 saturated heterocycles. The third-order valence-corrected chi connectivity index (χ3v) is 24.9. The Hall–Kier alpha value is -12.4. The summed E-state index contributed by atoms with van der Waals surface area (Å²) in [5.74, 6) is 3.71. The van der Waals surface area contributed by atoms with Crippen molar-refractivity contribution >= 4 is 170 Å². The van der Waals surface area contributed by atoms with Crippen LogP contribution in [-0.4, -0.2) is 39.0 Å². The molecule has 8 heterocycles. The molecule has 8 nitrogen and oxygen atoms in total. The molecule has 0 aliphatic carbocycles. The van der Waals surface area contributed by atoms with E-state index in [4.69, 9.17) is 29.9 Å². The van der Waals surface area contributed by atoms with Crippen molar-refractivity contribution in [1.82, 2.24) is 39.0 Å². The summed E-state index contributed by atoms with van der Waals surface area (Å²) in [5.41, 5.74) is 14.9. The van der Waals surface area contributed by atoms with Gasteiger partial charge < -0.3 is 9.13 Å². The number of aromatic nitrogens is 8. The zero-order chi connectivity index (χ0) is 66.7. The summed E-state index contributed by atoms with van der Waals surface area (Å²) in [4.78, 5) is 31.0. The SMILES string of the molecule is c1ccc(-c2nc(-c3ccc(-c4ccc(-c5nc(-c6ccccc6)nc(-c6ccc7c(c6)sc6cc8sc9c(-n%10c%11ccccc%11c%11ccccc%11%10)cccc9c8cc67)n5)cc4)cc3)nc(-c3ccc4c(c3)sc3cc5c(cc34)sc3c(-n4c6ccccc6c6ccccc64)cccc35)n2)cc1. The van der Waals surface area contributed by atoms with Crippen LogP contribution < -0.4 is 0 Å². The molecule has 0 fully saturated rings. The third kappa shape index (κ3) is 9.03. The van der Waals surface area contributed by atoms with Crippen molar-refractivity contribution in [3.8, 4) is 90.8 Å². The van der Waals surface area contributed by atoms with Crippen LogP contribution in [0.4, 0.5) is 0 Å². The van der Waals surface area contributed by atoms with E-state index in [0.717, 1.165) is 44.5 Å². The Morgan fingerprint density at radius 2 is 0.461 bits per heavy atom. The quantitative estimate of drug-likeness (QED) is 0.143. The Morgan fingerprint density at radius 1 is 0.176 bits per heavy atom. The lowest BCUT2D eigenvalue weighted by Crippen LogP contribution is -2.00. The monoisotopic (exact) mass is 1370 g/mol. The number of para-hydroxylation sites is 4. The molecule has 0 aliphatic rings. The summed E-state index contributed by atoms with van der Waals surface area (Å²) in [5, 5.41) is 15.1. The highest BCUT2D eigenvalue weighted by Crippen LogP contribution is 2.48. The van der Waals surface area contributed by atoms with Gasteiger partial charge in [0.05, 0.1) is 42.8 Å². The second kappa shape index (κ2) is 22.5. The van der Waals surface area contributed by atoms with Crippen LogP contribution in [-0.2, 0) is 0 Å². The van der Waals surface area contributed by atoms with Gasteiger partial charge in [-0.25, -0.2) is 29.9 Å². The molecule has 0 aliphatic heterocycles. The average Bonchev–Trinajstić information content (AvgIpc) is 1.57. The summed E-state index contributed by atoms with van der Waals surface area (Å²) < 4.78 is 14.9. The number of nitrogens with zero attached hydrogens (tertiary/aromatic N) is 8. The van der Waals surface area contributed by atoms with Gasteiger partial charge in [-0.2, -0.15) is 0 Å². The highest BCUT2D eigenvalue weighted by Gasteiger charge is 2.23. The number of thiophene rings is 4. The number of benzene rings is 14.